The molecule has 0 saturated heterocycles. The number of hydrogen-bond donors (Lipinski definition) is 0. The molecule has 0 unspecified atom stereocenters. The highest BCUT2D eigenvalue weighted by Crippen LogP contribution is 2.41. The number of rotatable bonds is 11. The summed E-state index contributed by atoms with van der Waals surface area (Å²) in [5.41, 5.74) is 12.2. The molecular weight excluding hydrogens is 829 g/mol. The van der Waals surface area contributed by atoms with Crippen LogP contribution in [0.25, 0.3) is 39.0 Å². The van der Waals surface area contributed by atoms with Crippen LogP contribution < -0.4 is 9.30 Å². The fourth-order valence-electron chi connectivity index (χ4n) is 9.68. The quantitative estimate of drug-likeness (QED) is 0.0958. The van der Waals surface area contributed by atoms with Gasteiger partial charge in [-0.1, -0.05) is 172 Å². The Labute approximate surface area is 402 Å². The van der Waals surface area contributed by atoms with Gasteiger partial charge in [0.25, 0.3) is 6.33 Å². The lowest BCUT2D eigenvalue weighted by Crippen LogP contribution is -2.31. The lowest BCUT2D eigenvalue weighted by Gasteiger charge is -2.32. The topological polar surface area (TPSA) is 35.9 Å². The highest BCUT2D eigenvalue weighted by Gasteiger charge is 2.30. The number of hydrogen-bond acceptors (Lipinski definition) is 2. The van der Waals surface area contributed by atoms with E-state index in [9.17, 15) is 0 Å². The second kappa shape index (κ2) is 17.0. The Morgan fingerprint density at radius 1 is 0.456 bits per heavy atom. The average molecular weight is 889 g/mol. The van der Waals surface area contributed by atoms with Crippen molar-refractivity contribution in [3.8, 4) is 28.7 Å². The van der Waals surface area contributed by atoms with Gasteiger partial charge in [0.05, 0.1) is 22.4 Å². The predicted molar refractivity (Wildman–Crippen MR) is 279 cm³/mol. The second-order valence-electron chi connectivity index (χ2n) is 20.9. The third kappa shape index (κ3) is 8.21. The van der Waals surface area contributed by atoms with E-state index in [2.05, 4.69) is 260 Å². The van der Waals surface area contributed by atoms with Gasteiger partial charge in [0.15, 0.2) is 0 Å². The molecule has 7 aromatic carbocycles. The van der Waals surface area contributed by atoms with Crippen LogP contribution in [-0.4, -0.2) is 14.1 Å². The molecule has 3 heterocycles. The lowest BCUT2D eigenvalue weighted by molar-refractivity contribution is -0.599. The van der Waals surface area contributed by atoms with Crippen molar-refractivity contribution < 1.29 is 9.30 Å². The summed E-state index contributed by atoms with van der Waals surface area (Å²) in [4.78, 5) is 5.02. The monoisotopic (exact) mass is 888 g/mol. The molecular formula is C63H60N4O. The van der Waals surface area contributed by atoms with Gasteiger partial charge in [0.2, 0.25) is 0 Å². The summed E-state index contributed by atoms with van der Waals surface area (Å²) in [5, 5.41) is 2.34. The number of pyridine rings is 1. The van der Waals surface area contributed by atoms with Gasteiger partial charge >= 0.3 is 0 Å². The van der Waals surface area contributed by atoms with Crippen LogP contribution in [-0.2, 0) is 21.7 Å². The third-order valence-electron chi connectivity index (χ3n) is 14.3. The van der Waals surface area contributed by atoms with Crippen LogP contribution in [0.2, 0.25) is 0 Å². The standard InChI is InChI=1S/C63H60N4O/c1-60(2,3)47-28-31-57-56(39-47)55-30-29-54(42-58(55)67(57)59-40-48(32-33-64-59)61(4,5)44-20-13-10-14-21-44)68-53-27-19-26-51(41-53)65-34-35-66(43-65)52-37-49(62(6,7)45-22-15-11-16-23-45)36-50(38-52)63(8,9)46-24-17-12-18-25-46/h10-42H,1-9H3. The fourth-order valence-corrected chi connectivity index (χ4v) is 9.68. The summed E-state index contributed by atoms with van der Waals surface area (Å²) < 4.78 is 13.2. The number of ether oxygens (including phenoxy) is 1. The minimum atomic E-state index is -0.236. The molecule has 338 valence electrons. The number of fused-ring (bicyclic) bond motifs is 3. The molecule has 5 nitrogen and oxygen atoms in total. The van der Waals surface area contributed by atoms with Crippen LogP contribution in [0.5, 0.6) is 11.5 Å². The summed E-state index contributed by atoms with van der Waals surface area (Å²) in [6, 6.07) is 65.2. The van der Waals surface area contributed by atoms with Crippen molar-refractivity contribution in [1.82, 2.24) is 14.1 Å². The van der Waals surface area contributed by atoms with Crippen LogP contribution in [0, 0.1) is 6.33 Å². The normalized spacial score (nSPS) is 12.5. The van der Waals surface area contributed by atoms with Crippen LogP contribution in [0.1, 0.15) is 101 Å². The van der Waals surface area contributed by atoms with E-state index in [1.807, 2.05) is 22.9 Å². The molecule has 3 aromatic heterocycles. The first kappa shape index (κ1) is 44.3. The van der Waals surface area contributed by atoms with Crippen LogP contribution in [0.4, 0.5) is 0 Å². The summed E-state index contributed by atoms with van der Waals surface area (Å²) in [7, 11) is 0. The first-order chi connectivity index (χ1) is 32.6. The van der Waals surface area contributed by atoms with Crippen molar-refractivity contribution >= 4 is 21.8 Å². The van der Waals surface area contributed by atoms with E-state index in [4.69, 9.17) is 9.72 Å². The fraction of sp³-hybridized carbons (Fsp3) is 0.206. The van der Waals surface area contributed by atoms with E-state index in [0.29, 0.717) is 0 Å². The maximum atomic E-state index is 6.76. The SMILES string of the molecule is CC(C)(C)c1ccc2c(c1)c1ccc(Oc3cccc(-n4[c-][n+](-c5cc(C(C)(C)c6ccccc6)cc(C(C)(C)c6ccccc6)c5)cc4)c3)cc1n2-c1cc(C(C)(C)c2ccccc2)ccn1. The van der Waals surface area contributed by atoms with Crippen molar-refractivity contribution in [2.24, 2.45) is 0 Å². The lowest BCUT2D eigenvalue weighted by atomic mass is 9.73. The van der Waals surface area contributed by atoms with Crippen LogP contribution >= 0.6 is 0 Å². The first-order valence-electron chi connectivity index (χ1n) is 23.8. The Hall–Kier alpha value is -7.50. The summed E-state index contributed by atoms with van der Waals surface area (Å²) in [5.74, 6) is 2.35. The maximum absolute atomic E-state index is 6.76. The molecule has 0 fully saturated rings. The Balaban J connectivity index is 1.01. The van der Waals surface area contributed by atoms with E-state index in [-0.39, 0.29) is 21.7 Å². The summed E-state index contributed by atoms with van der Waals surface area (Å²) in [6.07, 6.45) is 9.74. The van der Waals surface area contributed by atoms with E-state index < -0.39 is 0 Å². The van der Waals surface area contributed by atoms with Crippen molar-refractivity contribution in [3.05, 3.63) is 246 Å². The highest BCUT2D eigenvalue weighted by molar-refractivity contribution is 6.09. The summed E-state index contributed by atoms with van der Waals surface area (Å²) in [6.45, 7) is 20.6. The zero-order valence-electron chi connectivity index (χ0n) is 40.7. The predicted octanol–water partition coefficient (Wildman–Crippen LogP) is 15.1. The second-order valence-corrected chi connectivity index (χ2v) is 20.9. The maximum Gasteiger partial charge on any atom is 0.268 e. The van der Waals surface area contributed by atoms with Gasteiger partial charge < -0.3 is 4.74 Å². The van der Waals surface area contributed by atoms with Gasteiger partial charge in [-0.2, -0.15) is 0 Å². The number of aromatic nitrogens is 4. The molecule has 0 amide bonds. The number of benzene rings is 7. The van der Waals surface area contributed by atoms with E-state index >= 15 is 0 Å². The average Bonchev–Trinajstić information content (AvgIpc) is 3.98. The van der Waals surface area contributed by atoms with Gasteiger partial charge in [-0.15, -0.1) is 0 Å². The minimum absolute atomic E-state index is 0.00345. The number of imidazole rings is 1. The van der Waals surface area contributed by atoms with Gasteiger partial charge in [-0.25, -0.2) is 4.98 Å². The largest absolute Gasteiger partial charge is 0.458 e. The molecule has 10 rings (SSSR count). The van der Waals surface area contributed by atoms with Crippen molar-refractivity contribution in [1.29, 1.82) is 0 Å². The van der Waals surface area contributed by atoms with Gasteiger partial charge in [0.1, 0.15) is 17.3 Å². The van der Waals surface area contributed by atoms with E-state index in [0.717, 1.165) is 45.1 Å². The summed E-state index contributed by atoms with van der Waals surface area (Å²) >= 11 is 0. The molecule has 0 aliphatic carbocycles. The molecule has 68 heavy (non-hydrogen) atoms. The molecule has 0 radical (unpaired) electrons. The zero-order valence-corrected chi connectivity index (χ0v) is 40.7. The zero-order chi connectivity index (χ0) is 47.4. The molecule has 5 heteroatoms. The van der Waals surface area contributed by atoms with Gasteiger partial charge in [0, 0.05) is 51.7 Å². The Morgan fingerprint density at radius 2 is 1.04 bits per heavy atom. The molecule has 10 aromatic rings. The van der Waals surface area contributed by atoms with E-state index in [1.54, 1.807) is 0 Å². The molecule has 0 saturated carbocycles. The molecule has 0 aliphatic heterocycles. The first-order valence-corrected chi connectivity index (χ1v) is 23.8. The Bertz CT molecular complexity index is 3350. The molecule has 0 spiro atoms. The Kier molecular flexibility index (Phi) is 11.1. The Morgan fingerprint density at radius 3 is 1.65 bits per heavy atom. The van der Waals surface area contributed by atoms with Crippen LogP contribution in [0.3, 0.4) is 0 Å². The molecule has 0 bridgehead atoms. The molecule has 0 N–H and O–H groups in total. The number of nitrogens with zero attached hydrogens (tertiary/aromatic N) is 4. The molecule has 0 atom stereocenters. The van der Waals surface area contributed by atoms with Crippen molar-refractivity contribution in [2.45, 2.75) is 84.0 Å². The van der Waals surface area contributed by atoms with Crippen molar-refractivity contribution in [3.63, 3.8) is 0 Å². The molecule has 0 aliphatic rings. The van der Waals surface area contributed by atoms with Gasteiger partial charge in [-0.05, 0) is 111 Å². The third-order valence-corrected chi connectivity index (χ3v) is 14.3. The smallest absolute Gasteiger partial charge is 0.268 e. The van der Waals surface area contributed by atoms with E-state index in [1.165, 1.54) is 44.3 Å². The minimum Gasteiger partial charge on any atom is -0.458 e. The van der Waals surface area contributed by atoms with Crippen molar-refractivity contribution in [2.75, 3.05) is 0 Å². The highest BCUT2D eigenvalue weighted by atomic mass is 16.5. The van der Waals surface area contributed by atoms with Crippen LogP contribution in [0.15, 0.2) is 201 Å². The van der Waals surface area contributed by atoms with Gasteiger partial charge in [-0.3, -0.25) is 13.7 Å².